The SMILES string of the molecule is Cc1ccc(F)c(S(=O)(=O)N[C@@H]2CCCNC2)c1.Cl. The minimum atomic E-state index is -3.78. The van der Waals surface area contributed by atoms with Crippen molar-refractivity contribution < 1.29 is 12.8 Å². The van der Waals surface area contributed by atoms with Crippen LogP contribution in [0.5, 0.6) is 0 Å². The van der Waals surface area contributed by atoms with Crippen LogP contribution in [0.3, 0.4) is 0 Å². The highest BCUT2D eigenvalue weighted by molar-refractivity contribution is 7.89. The van der Waals surface area contributed by atoms with Crippen molar-refractivity contribution >= 4 is 22.4 Å². The fourth-order valence-electron chi connectivity index (χ4n) is 2.05. The van der Waals surface area contributed by atoms with Crippen LogP contribution in [0.15, 0.2) is 23.1 Å². The molecule has 7 heteroatoms. The van der Waals surface area contributed by atoms with Gasteiger partial charge in [-0.05, 0) is 44.0 Å². The van der Waals surface area contributed by atoms with E-state index in [4.69, 9.17) is 0 Å². The fourth-order valence-corrected chi connectivity index (χ4v) is 3.48. The lowest BCUT2D eigenvalue weighted by molar-refractivity contribution is 0.427. The summed E-state index contributed by atoms with van der Waals surface area (Å²) in [5.41, 5.74) is 0.721. The minimum absolute atomic E-state index is 0. The molecule has 0 saturated carbocycles. The normalized spacial score (nSPS) is 19.8. The summed E-state index contributed by atoms with van der Waals surface area (Å²) >= 11 is 0. The molecule has 2 N–H and O–H groups in total. The average Bonchev–Trinajstić information content (AvgIpc) is 2.33. The van der Waals surface area contributed by atoms with Crippen molar-refractivity contribution in [1.82, 2.24) is 10.0 Å². The van der Waals surface area contributed by atoms with Crippen molar-refractivity contribution in [2.75, 3.05) is 13.1 Å². The van der Waals surface area contributed by atoms with Crippen LogP contribution >= 0.6 is 12.4 Å². The fraction of sp³-hybridized carbons (Fsp3) is 0.500. The molecule has 1 atom stereocenters. The predicted octanol–water partition coefficient (Wildman–Crippen LogP) is 1.59. The van der Waals surface area contributed by atoms with Crippen LogP contribution in [-0.2, 0) is 10.0 Å². The summed E-state index contributed by atoms with van der Waals surface area (Å²) in [6.07, 6.45) is 1.70. The molecule has 108 valence electrons. The number of nitrogens with one attached hydrogen (secondary N) is 2. The molecule has 1 heterocycles. The van der Waals surface area contributed by atoms with Crippen LogP contribution in [0.2, 0.25) is 0 Å². The highest BCUT2D eigenvalue weighted by atomic mass is 35.5. The lowest BCUT2D eigenvalue weighted by Crippen LogP contribution is -2.45. The zero-order valence-corrected chi connectivity index (χ0v) is 12.3. The average molecular weight is 309 g/mol. The van der Waals surface area contributed by atoms with Gasteiger partial charge in [-0.25, -0.2) is 17.5 Å². The van der Waals surface area contributed by atoms with Gasteiger partial charge in [-0.15, -0.1) is 12.4 Å². The van der Waals surface area contributed by atoms with Gasteiger partial charge in [0.05, 0.1) is 0 Å². The molecule has 0 unspecified atom stereocenters. The summed E-state index contributed by atoms with van der Waals surface area (Å²) in [4.78, 5) is -0.270. The van der Waals surface area contributed by atoms with E-state index >= 15 is 0 Å². The Morgan fingerprint density at radius 3 is 2.79 bits per heavy atom. The molecule has 1 fully saturated rings. The maximum Gasteiger partial charge on any atom is 0.243 e. The summed E-state index contributed by atoms with van der Waals surface area (Å²) in [5, 5.41) is 3.11. The van der Waals surface area contributed by atoms with E-state index in [1.807, 2.05) is 0 Å². The molecular formula is C12H18ClFN2O2S. The number of hydrogen-bond donors (Lipinski definition) is 2. The van der Waals surface area contributed by atoms with Gasteiger partial charge in [-0.3, -0.25) is 0 Å². The van der Waals surface area contributed by atoms with Gasteiger partial charge >= 0.3 is 0 Å². The van der Waals surface area contributed by atoms with E-state index in [1.165, 1.54) is 12.1 Å². The Kier molecular flexibility index (Phi) is 5.73. The van der Waals surface area contributed by atoms with Crippen LogP contribution in [0, 0.1) is 12.7 Å². The van der Waals surface area contributed by atoms with E-state index in [9.17, 15) is 12.8 Å². The van der Waals surface area contributed by atoms with Crippen molar-refractivity contribution in [1.29, 1.82) is 0 Å². The van der Waals surface area contributed by atoms with Crippen LogP contribution in [0.1, 0.15) is 18.4 Å². The first kappa shape index (κ1) is 16.4. The van der Waals surface area contributed by atoms with Gasteiger partial charge in [0.1, 0.15) is 10.7 Å². The van der Waals surface area contributed by atoms with Gasteiger partial charge < -0.3 is 5.32 Å². The summed E-state index contributed by atoms with van der Waals surface area (Å²) in [6.45, 7) is 3.23. The summed E-state index contributed by atoms with van der Waals surface area (Å²) in [7, 11) is -3.78. The number of hydrogen-bond acceptors (Lipinski definition) is 3. The van der Waals surface area contributed by atoms with Gasteiger partial charge in [0.25, 0.3) is 0 Å². The third-order valence-corrected chi connectivity index (χ3v) is 4.53. The number of benzene rings is 1. The first-order valence-electron chi connectivity index (χ1n) is 5.98. The molecule has 1 aliphatic heterocycles. The third-order valence-electron chi connectivity index (χ3n) is 2.99. The van der Waals surface area contributed by atoms with Crippen molar-refractivity contribution in [2.45, 2.75) is 30.7 Å². The zero-order valence-electron chi connectivity index (χ0n) is 10.6. The van der Waals surface area contributed by atoms with Crippen LogP contribution in [0.25, 0.3) is 0 Å². The third kappa shape index (κ3) is 4.14. The number of rotatable bonds is 3. The molecule has 1 aromatic carbocycles. The molecule has 4 nitrogen and oxygen atoms in total. The lowest BCUT2D eigenvalue weighted by atomic mass is 10.1. The lowest BCUT2D eigenvalue weighted by Gasteiger charge is -2.23. The Labute approximate surface area is 119 Å². The molecule has 0 bridgehead atoms. The first-order chi connectivity index (χ1) is 8.49. The van der Waals surface area contributed by atoms with Crippen molar-refractivity contribution in [2.24, 2.45) is 0 Å². The Balaban J connectivity index is 0.00000180. The minimum Gasteiger partial charge on any atom is -0.315 e. The number of halogens is 2. The van der Waals surface area contributed by atoms with Crippen molar-refractivity contribution in [3.8, 4) is 0 Å². The molecule has 0 amide bonds. The Bertz CT molecular complexity index is 531. The molecule has 0 spiro atoms. The molecule has 1 aromatic rings. The second kappa shape index (κ2) is 6.65. The summed E-state index contributed by atoms with van der Waals surface area (Å²) in [6, 6.07) is 3.93. The monoisotopic (exact) mass is 308 g/mol. The number of sulfonamides is 1. The van der Waals surface area contributed by atoms with Crippen LogP contribution in [0.4, 0.5) is 4.39 Å². The topological polar surface area (TPSA) is 58.2 Å². The van der Waals surface area contributed by atoms with E-state index in [0.29, 0.717) is 6.54 Å². The molecule has 0 radical (unpaired) electrons. The molecular weight excluding hydrogens is 291 g/mol. The van der Waals surface area contributed by atoms with Crippen molar-refractivity contribution in [3.05, 3.63) is 29.6 Å². The Morgan fingerprint density at radius 2 is 2.16 bits per heavy atom. The second-order valence-electron chi connectivity index (χ2n) is 4.60. The molecule has 19 heavy (non-hydrogen) atoms. The standard InChI is InChI=1S/C12H17FN2O2S.ClH/c1-9-4-5-11(13)12(7-9)18(16,17)15-10-3-2-6-14-8-10;/h4-5,7,10,14-15H,2-3,6,8H2,1H3;1H/t10-;/m1./s1. The van der Waals surface area contributed by atoms with E-state index < -0.39 is 15.8 Å². The van der Waals surface area contributed by atoms with Gasteiger partial charge in [-0.2, -0.15) is 0 Å². The second-order valence-corrected chi connectivity index (χ2v) is 6.28. The van der Waals surface area contributed by atoms with Crippen LogP contribution < -0.4 is 10.0 Å². The Hall–Kier alpha value is -0.690. The maximum absolute atomic E-state index is 13.6. The first-order valence-corrected chi connectivity index (χ1v) is 7.46. The van der Waals surface area contributed by atoms with Gasteiger partial charge in [-0.1, -0.05) is 6.07 Å². The van der Waals surface area contributed by atoms with Crippen molar-refractivity contribution in [3.63, 3.8) is 0 Å². The molecule has 0 aliphatic carbocycles. The van der Waals surface area contributed by atoms with E-state index in [0.717, 1.165) is 24.9 Å². The highest BCUT2D eigenvalue weighted by Gasteiger charge is 2.24. The van der Waals surface area contributed by atoms with Gasteiger partial charge in [0.2, 0.25) is 10.0 Å². The van der Waals surface area contributed by atoms with E-state index in [-0.39, 0.29) is 23.3 Å². The quantitative estimate of drug-likeness (QED) is 0.891. The van der Waals surface area contributed by atoms with Crippen LogP contribution in [-0.4, -0.2) is 27.5 Å². The Morgan fingerprint density at radius 1 is 1.42 bits per heavy atom. The zero-order chi connectivity index (χ0) is 13.2. The summed E-state index contributed by atoms with van der Waals surface area (Å²) in [5.74, 6) is -0.711. The van der Waals surface area contributed by atoms with Gasteiger partial charge in [0.15, 0.2) is 0 Å². The predicted molar refractivity (Wildman–Crippen MR) is 74.6 cm³/mol. The molecule has 1 saturated heterocycles. The maximum atomic E-state index is 13.6. The van der Waals surface area contributed by atoms with E-state index in [1.54, 1.807) is 13.0 Å². The van der Waals surface area contributed by atoms with E-state index in [2.05, 4.69) is 10.0 Å². The van der Waals surface area contributed by atoms with Gasteiger partial charge in [0, 0.05) is 12.6 Å². The molecule has 2 rings (SSSR count). The largest absolute Gasteiger partial charge is 0.315 e. The molecule has 1 aliphatic rings. The number of piperidine rings is 1. The smallest absolute Gasteiger partial charge is 0.243 e. The number of aryl methyl sites for hydroxylation is 1. The molecule has 0 aromatic heterocycles. The summed E-state index contributed by atoms with van der Waals surface area (Å²) < 4.78 is 40.3. The highest BCUT2D eigenvalue weighted by Crippen LogP contribution is 2.17.